The Morgan fingerprint density at radius 1 is 1.23 bits per heavy atom. The number of aromatic nitrogens is 2. The molecule has 1 amide bonds. The number of ether oxygens (including phenoxy) is 1. The molecule has 0 saturated carbocycles. The molecule has 1 aromatic carbocycles. The molecule has 0 aliphatic carbocycles. The molecule has 2 aromatic heterocycles. The quantitative estimate of drug-likeness (QED) is 0.669. The highest BCUT2D eigenvalue weighted by molar-refractivity contribution is 7.12. The Morgan fingerprint density at radius 2 is 2.00 bits per heavy atom. The number of hydrogen-bond acceptors (Lipinski definition) is 7. The summed E-state index contributed by atoms with van der Waals surface area (Å²) in [6, 6.07) is 11.1. The summed E-state index contributed by atoms with van der Waals surface area (Å²) in [6.45, 7) is 3.38. The highest BCUT2D eigenvalue weighted by atomic mass is 32.1. The molecule has 0 fully saturated rings. The molecule has 0 radical (unpaired) electrons. The van der Waals surface area contributed by atoms with Gasteiger partial charge >= 0.3 is 5.97 Å². The molecule has 0 bridgehead atoms. The molecule has 1 N–H and O–H groups in total. The summed E-state index contributed by atoms with van der Waals surface area (Å²) in [5.41, 5.74) is 1.91. The standard InChI is InChI=1S/C18H17N3O4S/c1-11-5-7-13(8-6-11)18-21-20-17(25-18)12(2)24-15(22)10-19-16(23)14-4-3-9-26-14/h3-9,12H,10H2,1-2H3,(H,19,23)/t12-/m0/s1. The Balaban J connectivity index is 1.54. The lowest BCUT2D eigenvalue weighted by molar-refractivity contribution is -0.148. The highest BCUT2D eigenvalue weighted by Gasteiger charge is 2.19. The van der Waals surface area contributed by atoms with Crippen molar-refractivity contribution >= 4 is 23.2 Å². The number of amides is 1. The molecule has 26 heavy (non-hydrogen) atoms. The monoisotopic (exact) mass is 371 g/mol. The molecule has 3 aromatic rings. The molecule has 0 aliphatic heterocycles. The minimum absolute atomic E-state index is 0.193. The van der Waals surface area contributed by atoms with Gasteiger partial charge in [0.15, 0.2) is 6.10 Å². The van der Waals surface area contributed by atoms with Crippen LogP contribution in [0.1, 0.15) is 34.2 Å². The lowest BCUT2D eigenvalue weighted by atomic mass is 10.1. The summed E-state index contributed by atoms with van der Waals surface area (Å²) < 4.78 is 10.8. The second kappa shape index (κ2) is 7.92. The number of rotatable bonds is 6. The molecule has 7 nitrogen and oxygen atoms in total. The van der Waals surface area contributed by atoms with Crippen LogP contribution in [0.2, 0.25) is 0 Å². The smallest absolute Gasteiger partial charge is 0.326 e. The fraction of sp³-hybridized carbons (Fsp3) is 0.222. The van der Waals surface area contributed by atoms with Crippen molar-refractivity contribution < 1.29 is 18.7 Å². The van der Waals surface area contributed by atoms with Crippen LogP contribution >= 0.6 is 11.3 Å². The van der Waals surface area contributed by atoms with Gasteiger partial charge in [-0.1, -0.05) is 23.8 Å². The van der Waals surface area contributed by atoms with Gasteiger partial charge < -0.3 is 14.5 Å². The minimum Gasteiger partial charge on any atom is -0.451 e. The van der Waals surface area contributed by atoms with Gasteiger partial charge in [-0.25, -0.2) is 0 Å². The molecule has 134 valence electrons. The Kier molecular flexibility index (Phi) is 5.43. The average molecular weight is 371 g/mol. The van der Waals surface area contributed by atoms with E-state index in [-0.39, 0.29) is 18.3 Å². The first-order valence-electron chi connectivity index (χ1n) is 7.94. The van der Waals surface area contributed by atoms with E-state index < -0.39 is 12.1 Å². The zero-order chi connectivity index (χ0) is 18.5. The molecule has 1 atom stereocenters. The van der Waals surface area contributed by atoms with Gasteiger partial charge in [0.05, 0.1) is 4.88 Å². The van der Waals surface area contributed by atoms with E-state index in [1.54, 1.807) is 24.4 Å². The van der Waals surface area contributed by atoms with Crippen molar-refractivity contribution in [3.8, 4) is 11.5 Å². The van der Waals surface area contributed by atoms with Crippen LogP contribution in [0.4, 0.5) is 0 Å². The van der Waals surface area contributed by atoms with Crippen molar-refractivity contribution in [3.05, 3.63) is 58.1 Å². The largest absolute Gasteiger partial charge is 0.451 e. The van der Waals surface area contributed by atoms with Crippen LogP contribution in [-0.4, -0.2) is 28.6 Å². The number of esters is 1. The molecule has 3 rings (SSSR count). The molecule has 0 saturated heterocycles. The first kappa shape index (κ1) is 17.8. The number of carbonyl (C=O) groups is 2. The van der Waals surface area contributed by atoms with Crippen molar-refractivity contribution in [1.82, 2.24) is 15.5 Å². The van der Waals surface area contributed by atoms with E-state index in [1.807, 2.05) is 31.2 Å². The van der Waals surface area contributed by atoms with E-state index in [4.69, 9.17) is 9.15 Å². The SMILES string of the molecule is Cc1ccc(-c2nnc([C@H](C)OC(=O)CNC(=O)c3cccs3)o2)cc1. The Morgan fingerprint density at radius 3 is 2.69 bits per heavy atom. The third-order valence-electron chi connectivity index (χ3n) is 3.53. The molecule has 2 heterocycles. The first-order valence-corrected chi connectivity index (χ1v) is 8.82. The average Bonchev–Trinajstić information content (AvgIpc) is 3.32. The first-order chi connectivity index (χ1) is 12.5. The van der Waals surface area contributed by atoms with Gasteiger partial charge in [-0.15, -0.1) is 21.5 Å². The van der Waals surface area contributed by atoms with E-state index in [1.165, 1.54) is 11.3 Å². The summed E-state index contributed by atoms with van der Waals surface area (Å²) in [5.74, 6) is -0.353. The summed E-state index contributed by atoms with van der Waals surface area (Å²) >= 11 is 1.30. The van der Waals surface area contributed by atoms with Crippen LogP contribution in [0, 0.1) is 6.92 Å². The van der Waals surface area contributed by atoms with Crippen LogP contribution in [0.3, 0.4) is 0 Å². The highest BCUT2D eigenvalue weighted by Crippen LogP contribution is 2.22. The van der Waals surface area contributed by atoms with Gasteiger partial charge in [0.1, 0.15) is 6.54 Å². The normalized spacial score (nSPS) is 11.8. The fourth-order valence-corrected chi connectivity index (χ4v) is 2.79. The lowest BCUT2D eigenvalue weighted by Gasteiger charge is -2.09. The molecule has 0 unspecified atom stereocenters. The number of nitrogens with zero attached hydrogens (tertiary/aromatic N) is 2. The number of thiophene rings is 1. The van der Waals surface area contributed by atoms with Crippen LogP contribution in [0.5, 0.6) is 0 Å². The van der Waals surface area contributed by atoms with E-state index in [0.29, 0.717) is 10.8 Å². The number of benzene rings is 1. The van der Waals surface area contributed by atoms with Gasteiger partial charge in [-0.2, -0.15) is 0 Å². The van der Waals surface area contributed by atoms with E-state index in [0.717, 1.165) is 11.1 Å². The summed E-state index contributed by atoms with van der Waals surface area (Å²) in [5, 5.41) is 12.2. The van der Waals surface area contributed by atoms with E-state index >= 15 is 0 Å². The summed E-state index contributed by atoms with van der Waals surface area (Å²) in [4.78, 5) is 24.2. The number of aryl methyl sites for hydroxylation is 1. The van der Waals surface area contributed by atoms with Crippen molar-refractivity contribution in [2.45, 2.75) is 20.0 Å². The van der Waals surface area contributed by atoms with Gasteiger partial charge in [-0.05, 0) is 37.4 Å². The second-order valence-corrected chi connectivity index (χ2v) is 6.55. The van der Waals surface area contributed by atoms with Crippen LogP contribution in [0.15, 0.2) is 46.2 Å². The van der Waals surface area contributed by atoms with Crippen molar-refractivity contribution in [3.63, 3.8) is 0 Å². The van der Waals surface area contributed by atoms with Crippen molar-refractivity contribution in [2.75, 3.05) is 6.54 Å². The lowest BCUT2D eigenvalue weighted by Crippen LogP contribution is -2.30. The molecule has 8 heteroatoms. The topological polar surface area (TPSA) is 94.3 Å². The van der Waals surface area contributed by atoms with Crippen LogP contribution < -0.4 is 5.32 Å². The Labute approximate surface area is 154 Å². The molecular weight excluding hydrogens is 354 g/mol. The maximum Gasteiger partial charge on any atom is 0.326 e. The minimum atomic E-state index is -0.715. The van der Waals surface area contributed by atoms with Crippen molar-refractivity contribution in [1.29, 1.82) is 0 Å². The second-order valence-electron chi connectivity index (χ2n) is 5.60. The molecule has 0 aliphatic rings. The number of hydrogen-bond donors (Lipinski definition) is 1. The number of nitrogens with one attached hydrogen (secondary N) is 1. The van der Waals surface area contributed by atoms with Gasteiger partial charge in [0.25, 0.3) is 11.8 Å². The summed E-state index contributed by atoms with van der Waals surface area (Å²) in [7, 11) is 0. The van der Waals surface area contributed by atoms with Crippen LogP contribution in [0.25, 0.3) is 11.5 Å². The molecular formula is C18H17N3O4S. The van der Waals surface area contributed by atoms with Gasteiger partial charge in [0, 0.05) is 5.56 Å². The third kappa shape index (κ3) is 4.34. The van der Waals surface area contributed by atoms with Gasteiger partial charge in [0.2, 0.25) is 5.89 Å². The predicted octanol–water partition coefficient (Wildman–Crippen LogP) is 3.14. The van der Waals surface area contributed by atoms with Gasteiger partial charge in [-0.3, -0.25) is 9.59 Å². The zero-order valence-corrected chi connectivity index (χ0v) is 15.1. The molecule has 0 spiro atoms. The Hall–Kier alpha value is -3.00. The maximum absolute atomic E-state index is 11.9. The van der Waals surface area contributed by atoms with E-state index in [9.17, 15) is 9.59 Å². The fourth-order valence-electron chi connectivity index (χ4n) is 2.15. The number of carbonyl (C=O) groups excluding carboxylic acids is 2. The Bertz CT molecular complexity index is 888. The van der Waals surface area contributed by atoms with Crippen LogP contribution in [-0.2, 0) is 9.53 Å². The zero-order valence-electron chi connectivity index (χ0n) is 14.3. The van der Waals surface area contributed by atoms with E-state index in [2.05, 4.69) is 15.5 Å². The maximum atomic E-state index is 11.9. The summed E-state index contributed by atoms with van der Waals surface area (Å²) in [6.07, 6.45) is -0.715. The predicted molar refractivity (Wildman–Crippen MR) is 95.6 cm³/mol. The third-order valence-corrected chi connectivity index (χ3v) is 4.40. The van der Waals surface area contributed by atoms with Crippen molar-refractivity contribution in [2.24, 2.45) is 0 Å².